The first kappa shape index (κ1) is 23.5. The van der Waals surface area contributed by atoms with Gasteiger partial charge in [-0.3, -0.25) is 9.59 Å². The molecule has 0 radical (unpaired) electrons. The van der Waals surface area contributed by atoms with Crippen LogP contribution in [0, 0.1) is 23.7 Å². The maximum atomic E-state index is 12.8. The molecule has 1 N–H and O–H groups in total. The minimum atomic E-state index is -3.62. The molecule has 1 aliphatic heterocycles. The molecule has 3 fully saturated rings. The molecule has 2 aliphatic carbocycles. The van der Waals surface area contributed by atoms with Gasteiger partial charge in [0, 0.05) is 24.2 Å². The van der Waals surface area contributed by atoms with Crippen molar-refractivity contribution in [3.8, 4) is 0 Å². The van der Waals surface area contributed by atoms with Gasteiger partial charge in [0.2, 0.25) is 10.0 Å². The van der Waals surface area contributed by atoms with Crippen molar-refractivity contribution in [3.63, 3.8) is 0 Å². The Kier molecular flexibility index (Phi) is 7.12. The molecule has 7 nitrogen and oxygen atoms in total. The lowest BCUT2D eigenvalue weighted by Crippen LogP contribution is -2.43. The van der Waals surface area contributed by atoms with Crippen LogP contribution in [-0.2, 0) is 24.3 Å². The van der Waals surface area contributed by atoms with Crippen molar-refractivity contribution >= 4 is 33.5 Å². The SMILES string of the molecule is C[C@H](NC(=O)COC(=O)C1CCN(S(=O)(=O)c2ccc(Cl)cc2)CC1)[C@H]1C[C@H]2CC[C@H]1C2. The van der Waals surface area contributed by atoms with E-state index < -0.39 is 21.9 Å². The highest BCUT2D eigenvalue weighted by atomic mass is 35.5. The Morgan fingerprint density at radius 2 is 1.81 bits per heavy atom. The highest BCUT2D eigenvalue weighted by Crippen LogP contribution is 2.49. The van der Waals surface area contributed by atoms with Crippen LogP contribution in [0.1, 0.15) is 45.4 Å². The van der Waals surface area contributed by atoms with Gasteiger partial charge in [-0.15, -0.1) is 0 Å². The zero-order valence-corrected chi connectivity index (χ0v) is 19.9. The van der Waals surface area contributed by atoms with Gasteiger partial charge in [0.15, 0.2) is 6.61 Å². The van der Waals surface area contributed by atoms with Crippen molar-refractivity contribution in [2.75, 3.05) is 19.7 Å². The first-order valence-electron chi connectivity index (χ1n) is 11.5. The fraction of sp³-hybridized carbons (Fsp3) is 0.652. The van der Waals surface area contributed by atoms with Crippen LogP contribution in [0.4, 0.5) is 0 Å². The number of hydrogen-bond donors (Lipinski definition) is 1. The topological polar surface area (TPSA) is 92.8 Å². The number of ether oxygens (including phenoxy) is 1. The molecule has 3 aliphatic rings. The second-order valence-electron chi connectivity index (χ2n) is 9.43. The van der Waals surface area contributed by atoms with Crippen LogP contribution < -0.4 is 5.32 Å². The number of halogens is 1. The summed E-state index contributed by atoms with van der Waals surface area (Å²) in [5.41, 5.74) is 0. The Bertz CT molecular complexity index is 944. The number of esters is 1. The molecular formula is C23H31ClN2O5S. The van der Waals surface area contributed by atoms with Crippen LogP contribution in [-0.4, -0.2) is 50.3 Å². The average Bonchev–Trinajstić information content (AvgIpc) is 3.42. The number of carbonyl (C=O) groups excluding carboxylic acids is 2. The summed E-state index contributed by atoms with van der Waals surface area (Å²) in [6.07, 6.45) is 5.79. The molecule has 2 bridgehead atoms. The molecule has 0 aromatic heterocycles. The highest BCUT2D eigenvalue weighted by Gasteiger charge is 2.42. The normalized spacial score (nSPS) is 27.2. The third kappa shape index (κ3) is 5.13. The molecule has 1 heterocycles. The van der Waals surface area contributed by atoms with E-state index in [0.29, 0.717) is 29.7 Å². The predicted octanol–water partition coefficient (Wildman–Crippen LogP) is 3.22. The molecule has 1 saturated heterocycles. The highest BCUT2D eigenvalue weighted by molar-refractivity contribution is 7.89. The lowest BCUT2D eigenvalue weighted by molar-refractivity contribution is -0.154. The molecule has 1 aromatic rings. The second kappa shape index (κ2) is 9.69. The van der Waals surface area contributed by atoms with Crippen LogP contribution in [0.5, 0.6) is 0 Å². The fourth-order valence-corrected chi connectivity index (χ4v) is 7.25. The fourth-order valence-electron chi connectivity index (χ4n) is 5.65. The lowest BCUT2D eigenvalue weighted by atomic mass is 9.84. The van der Waals surface area contributed by atoms with Crippen molar-refractivity contribution in [1.82, 2.24) is 9.62 Å². The first-order chi connectivity index (χ1) is 15.2. The molecule has 2 saturated carbocycles. The first-order valence-corrected chi connectivity index (χ1v) is 13.3. The summed E-state index contributed by atoms with van der Waals surface area (Å²) in [7, 11) is -3.62. The van der Waals surface area contributed by atoms with Gasteiger partial charge in [0.05, 0.1) is 10.8 Å². The van der Waals surface area contributed by atoms with E-state index in [9.17, 15) is 18.0 Å². The number of nitrogens with zero attached hydrogens (tertiary/aromatic N) is 1. The van der Waals surface area contributed by atoms with Crippen molar-refractivity contribution < 1.29 is 22.7 Å². The largest absolute Gasteiger partial charge is 0.455 e. The summed E-state index contributed by atoms with van der Waals surface area (Å²) in [6, 6.07) is 6.14. The van der Waals surface area contributed by atoms with Gasteiger partial charge in [0.25, 0.3) is 5.91 Å². The lowest BCUT2D eigenvalue weighted by Gasteiger charge is -2.30. The van der Waals surface area contributed by atoms with E-state index in [2.05, 4.69) is 5.32 Å². The van der Waals surface area contributed by atoms with E-state index in [0.717, 1.165) is 5.92 Å². The summed E-state index contributed by atoms with van der Waals surface area (Å²) < 4.78 is 32.2. The quantitative estimate of drug-likeness (QED) is 0.602. The number of carbonyl (C=O) groups is 2. The van der Waals surface area contributed by atoms with Crippen LogP contribution in [0.25, 0.3) is 0 Å². The monoisotopic (exact) mass is 482 g/mol. The van der Waals surface area contributed by atoms with Gasteiger partial charge in [-0.05, 0) is 81.0 Å². The zero-order valence-electron chi connectivity index (χ0n) is 18.3. The Labute approximate surface area is 194 Å². The van der Waals surface area contributed by atoms with Crippen LogP contribution >= 0.6 is 11.6 Å². The van der Waals surface area contributed by atoms with Crippen molar-refractivity contribution in [1.29, 1.82) is 0 Å². The van der Waals surface area contributed by atoms with E-state index in [1.165, 1.54) is 42.1 Å². The minimum Gasteiger partial charge on any atom is -0.455 e. The number of piperidine rings is 1. The number of rotatable bonds is 7. The van der Waals surface area contributed by atoms with Gasteiger partial charge in [-0.25, -0.2) is 8.42 Å². The summed E-state index contributed by atoms with van der Waals surface area (Å²) in [5.74, 6) is 0.958. The van der Waals surface area contributed by atoms with Crippen LogP contribution in [0.3, 0.4) is 0 Å². The van der Waals surface area contributed by atoms with Gasteiger partial charge in [0.1, 0.15) is 0 Å². The Morgan fingerprint density at radius 1 is 1.12 bits per heavy atom. The van der Waals surface area contributed by atoms with Gasteiger partial charge < -0.3 is 10.1 Å². The van der Waals surface area contributed by atoms with Gasteiger partial charge in [-0.2, -0.15) is 4.31 Å². The number of hydrogen-bond acceptors (Lipinski definition) is 5. The molecule has 4 rings (SSSR count). The van der Waals surface area contributed by atoms with E-state index in [1.807, 2.05) is 6.92 Å². The average molecular weight is 483 g/mol. The van der Waals surface area contributed by atoms with E-state index in [1.54, 1.807) is 12.1 Å². The zero-order chi connectivity index (χ0) is 22.9. The number of amides is 1. The molecule has 0 unspecified atom stereocenters. The maximum Gasteiger partial charge on any atom is 0.309 e. The Balaban J connectivity index is 1.20. The predicted molar refractivity (Wildman–Crippen MR) is 120 cm³/mol. The number of benzene rings is 1. The maximum absolute atomic E-state index is 12.8. The Hall–Kier alpha value is -1.64. The van der Waals surface area contributed by atoms with Crippen molar-refractivity contribution in [2.45, 2.75) is 56.4 Å². The summed E-state index contributed by atoms with van der Waals surface area (Å²) in [5, 5.41) is 3.47. The molecule has 1 amide bonds. The number of sulfonamides is 1. The number of fused-ring (bicyclic) bond motifs is 2. The number of nitrogens with one attached hydrogen (secondary N) is 1. The third-order valence-electron chi connectivity index (χ3n) is 7.41. The summed E-state index contributed by atoms with van der Waals surface area (Å²) >= 11 is 5.84. The van der Waals surface area contributed by atoms with Crippen molar-refractivity contribution in [2.24, 2.45) is 23.7 Å². The molecular weight excluding hydrogens is 452 g/mol. The standard InChI is InChI=1S/C23H31ClN2O5S/c1-15(21-13-16-2-3-18(21)12-16)25-22(27)14-31-23(28)17-8-10-26(11-9-17)32(29,30)20-6-4-19(24)5-7-20/h4-7,15-18,21H,2-3,8-14H2,1H3,(H,25,27)/t15-,16-,18-,21+/m0/s1. The third-order valence-corrected chi connectivity index (χ3v) is 9.57. The van der Waals surface area contributed by atoms with E-state index in [-0.39, 0.29) is 36.5 Å². The Morgan fingerprint density at radius 3 is 2.41 bits per heavy atom. The van der Waals surface area contributed by atoms with E-state index in [4.69, 9.17) is 16.3 Å². The van der Waals surface area contributed by atoms with Gasteiger partial charge >= 0.3 is 5.97 Å². The second-order valence-corrected chi connectivity index (χ2v) is 11.8. The molecule has 32 heavy (non-hydrogen) atoms. The summed E-state index contributed by atoms with van der Waals surface area (Å²) in [6.45, 7) is 2.23. The van der Waals surface area contributed by atoms with Crippen LogP contribution in [0.2, 0.25) is 5.02 Å². The molecule has 9 heteroatoms. The minimum absolute atomic E-state index is 0.0952. The molecule has 4 atom stereocenters. The molecule has 176 valence electrons. The van der Waals surface area contributed by atoms with Crippen LogP contribution in [0.15, 0.2) is 29.2 Å². The smallest absolute Gasteiger partial charge is 0.309 e. The van der Waals surface area contributed by atoms with Gasteiger partial charge in [-0.1, -0.05) is 18.0 Å². The van der Waals surface area contributed by atoms with Crippen molar-refractivity contribution in [3.05, 3.63) is 29.3 Å². The molecule has 0 spiro atoms. The summed E-state index contributed by atoms with van der Waals surface area (Å²) in [4.78, 5) is 24.9. The molecule has 1 aromatic carbocycles. The van der Waals surface area contributed by atoms with E-state index >= 15 is 0 Å².